The van der Waals surface area contributed by atoms with E-state index >= 15 is 0 Å². The van der Waals surface area contributed by atoms with Gasteiger partial charge in [-0.3, -0.25) is 9.05 Å². The van der Waals surface area contributed by atoms with E-state index in [0.717, 1.165) is 25.7 Å². The lowest BCUT2D eigenvalue weighted by Gasteiger charge is -2.17. The summed E-state index contributed by atoms with van der Waals surface area (Å²) < 4.78 is 22.0. The second-order valence-corrected chi connectivity index (χ2v) is 6.95. The van der Waals surface area contributed by atoms with Gasteiger partial charge in [0.1, 0.15) is 0 Å². The molecule has 104 valence electrons. The van der Waals surface area contributed by atoms with Gasteiger partial charge >= 0.3 is 6.95 Å². The van der Waals surface area contributed by atoms with Crippen LogP contribution in [0.5, 0.6) is 0 Å². The molecule has 0 fully saturated rings. The molecule has 0 aliphatic heterocycles. The molecule has 2 atom stereocenters. The standard InChI is InChI=1S/C12H26ClO3P/c1-4-7-9-12(6-3)11-16-17(13,14)15-10-8-5-2/h12H,4-11H2,1-3H3. The van der Waals surface area contributed by atoms with Crippen molar-refractivity contribution in [2.45, 2.75) is 59.3 Å². The van der Waals surface area contributed by atoms with E-state index in [0.29, 0.717) is 19.1 Å². The van der Waals surface area contributed by atoms with Crippen LogP contribution in [0.15, 0.2) is 0 Å². The molecule has 0 aromatic carbocycles. The minimum Gasteiger partial charge on any atom is -0.297 e. The second kappa shape index (κ2) is 10.4. The number of hydrogen-bond acceptors (Lipinski definition) is 3. The fraction of sp³-hybridized carbons (Fsp3) is 1.00. The van der Waals surface area contributed by atoms with Gasteiger partial charge in [0.25, 0.3) is 0 Å². The van der Waals surface area contributed by atoms with Crippen molar-refractivity contribution in [3.8, 4) is 0 Å². The van der Waals surface area contributed by atoms with Gasteiger partial charge in [-0.1, -0.05) is 46.5 Å². The Hall–Kier alpha value is 0.440. The Bertz CT molecular complexity index is 224. The summed E-state index contributed by atoms with van der Waals surface area (Å²) in [6.45, 7) is 3.81. The van der Waals surface area contributed by atoms with Crippen LogP contribution in [-0.2, 0) is 13.6 Å². The quantitative estimate of drug-likeness (QED) is 0.377. The average molecular weight is 285 g/mol. The molecule has 3 nitrogen and oxygen atoms in total. The Morgan fingerprint density at radius 1 is 1.12 bits per heavy atom. The Kier molecular flexibility index (Phi) is 10.6. The van der Waals surface area contributed by atoms with Crippen molar-refractivity contribution in [2.24, 2.45) is 5.92 Å². The fourth-order valence-corrected chi connectivity index (χ4v) is 2.63. The van der Waals surface area contributed by atoms with Gasteiger partial charge < -0.3 is 0 Å². The summed E-state index contributed by atoms with van der Waals surface area (Å²) in [5.74, 6) is 0.428. The molecule has 0 aliphatic rings. The van der Waals surface area contributed by atoms with Gasteiger partial charge in [-0.15, -0.1) is 0 Å². The van der Waals surface area contributed by atoms with Crippen LogP contribution in [0.4, 0.5) is 0 Å². The predicted octanol–water partition coefficient (Wildman–Crippen LogP) is 5.38. The fourth-order valence-electron chi connectivity index (χ4n) is 1.45. The van der Waals surface area contributed by atoms with Crippen molar-refractivity contribution in [1.82, 2.24) is 0 Å². The number of unbranched alkanes of at least 4 members (excludes halogenated alkanes) is 2. The molecule has 17 heavy (non-hydrogen) atoms. The zero-order valence-electron chi connectivity index (χ0n) is 11.3. The third kappa shape index (κ3) is 10.1. The van der Waals surface area contributed by atoms with Crippen molar-refractivity contribution in [3.63, 3.8) is 0 Å². The first kappa shape index (κ1) is 17.4. The highest BCUT2D eigenvalue weighted by Gasteiger charge is 2.22. The SMILES string of the molecule is CCCCOP(=O)(Cl)OCC(CC)CCCC. The zero-order valence-corrected chi connectivity index (χ0v) is 12.9. The molecule has 0 N–H and O–H groups in total. The van der Waals surface area contributed by atoms with Gasteiger partial charge in [0.05, 0.1) is 13.2 Å². The van der Waals surface area contributed by atoms with Gasteiger partial charge in [-0.05, 0) is 18.8 Å². The first-order valence-electron chi connectivity index (χ1n) is 6.64. The van der Waals surface area contributed by atoms with Gasteiger partial charge in [0.2, 0.25) is 0 Å². The summed E-state index contributed by atoms with van der Waals surface area (Å²) in [4.78, 5) is 0. The Balaban J connectivity index is 3.84. The highest BCUT2D eigenvalue weighted by molar-refractivity contribution is 7.81. The van der Waals surface area contributed by atoms with E-state index in [9.17, 15) is 4.57 Å². The van der Waals surface area contributed by atoms with E-state index in [1.54, 1.807) is 0 Å². The van der Waals surface area contributed by atoms with Crippen molar-refractivity contribution in [1.29, 1.82) is 0 Å². The molecule has 0 aromatic rings. The molecular formula is C12H26ClO3P. The lowest BCUT2D eigenvalue weighted by Crippen LogP contribution is -2.07. The number of hydrogen-bond donors (Lipinski definition) is 0. The van der Waals surface area contributed by atoms with Crippen LogP contribution in [0.3, 0.4) is 0 Å². The van der Waals surface area contributed by atoms with Crippen LogP contribution in [-0.4, -0.2) is 13.2 Å². The van der Waals surface area contributed by atoms with Crippen molar-refractivity contribution in [3.05, 3.63) is 0 Å². The predicted molar refractivity (Wildman–Crippen MR) is 73.6 cm³/mol. The smallest absolute Gasteiger partial charge is 0.297 e. The minimum atomic E-state index is -3.35. The van der Waals surface area contributed by atoms with Gasteiger partial charge in [0, 0.05) is 11.2 Å². The lowest BCUT2D eigenvalue weighted by atomic mass is 10.0. The van der Waals surface area contributed by atoms with E-state index in [1.807, 2.05) is 6.92 Å². The molecule has 0 saturated heterocycles. The molecular weight excluding hydrogens is 259 g/mol. The van der Waals surface area contributed by atoms with Crippen molar-refractivity contribution in [2.75, 3.05) is 13.2 Å². The summed E-state index contributed by atoms with van der Waals surface area (Å²) in [5.41, 5.74) is 0. The van der Waals surface area contributed by atoms with Crippen LogP contribution in [0.25, 0.3) is 0 Å². The van der Waals surface area contributed by atoms with Gasteiger partial charge in [0.15, 0.2) is 0 Å². The first-order valence-corrected chi connectivity index (χ1v) is 9.09. The summed E-state index contributed by atoms with van der Waals surface area (Å²) in [6.07, 6.45) is 6.30. The Labute approximate surface area is 111 Å². The van der Waals surface area contributed by atoms with E-state index in [4.69, 9.17) is 20.3 Å². The van der Waals surface area contributed by atoms with E-state index in [2.05, 4.69) is 13.8 Å². The van der Waals surface area contributed by atoms with E-state index in [-0.39, 0.29) is 0 Å². The Morgan fingerprint density at radius 2 is 1.76 bits per heavy atom. The molecule has 0 saturated carbocycles. The zero-order chi connectivity index (χ0) is 13.1. The highest BCUT2D eigenvalue weighted by atomic mass is 35.7. The normalized spacial score (nSPS) is 16.7. The molecule has 0 heterocycles. The highest BCUT2D eigenvalue weighted by Crippen LogP contribution is 2.54. The van der Waals surface area contributed by atoms with Crippen LogP contribution in [0.1, 0.15) is 59.3 Å². The third-order valence-electron chi connectivity index (χ3n) is 2.75. The summed E-state index contributed by atoms with van der Waals surface area (Å²) >= 11 is 5.72. The van der Waals surface area contributed by atoms with Crippen LogP contribution in [0.2, 0.25) is 0 Å². The lowest BCUT2D eigenvalue weighted by molar-refractivity contribution is 0.181. The van der Waals surface area contributed by atoms with E-state index in [1.165, 1.54) is 12.8 Å². The summed E-state index contributed by atoms with van der Waals surface area (Å²) in [7, 11) is 0. The van der Waals surface area contributed by atoms with Crippen LogP contribution >= 0.6 is 18.2 Å². The minimum absolute atomic E-state index is 0.406. The average Bonchev–Trinajstić information content (AvgIpc) is 2.29. The molecule has 0 radical (unpaired) electrons. The molecule has 0 aromatic heterocycles. The maximum Gasteiger partial charge on any atom is 0.424 e. The van der Waals surface area contributed by atoms with Crippen molar-refractivity contribution >= 4 is 18.2 Å². The van der Waals surface area contributed by atoms with Gasteiger partial charge in [-0.2, -0.15) is 0 Å². The molecule has 0 rings (SSSR count). The molecule has 0 aliphatic carbocycles. The molecule has 0 bridgehead atoms. The number of rotatable bonds is 11. The summed E-state index contributed by atoms with van der Waals surface area (Å²) in [5, 5.41) is 0. The van der Waals surface area contributed by atoms with E-state index < -0.39 is 6.95 Å². The van der Waals surface area contributed by atoms with Crippen LogP contribution < -0.4 is 0 Å². The first-order chi connectivity index (χ1) is 8.05. The number of halogens is 1. The van der Waals surface area contributed by atoms with Crippen molar-refractivity contribution < 1.29 is 13.6 Å². The topological polar surface area (TPSA) is 35.5 Å². The maximum absolute atomic E-state index is 11.7. The van der Waals surface area contributed by atoms with Crippen LogP contribution in [0, 0.1) is 5.92 Å². The van der Waals surface area contributed by atoms with Gasteiger partial charge in [-0.25, -0.2) is 4.57 Å². The molecule has 2 unspecified atom stereocenters. The molecule has 0 amide bonds. The molecule has 5 heteroatoms. The maximum atomic E-state index is 11.7. The monoisotopic (exact) mass is 284 g/mol. The second-order valence-electron chi connectivity index (χ2n) is 4.33. The largest absolute Gasteiger partial charge is 0.424 e. The third-order valence-corrected chi connectivity index (χ3v) is 4.29. The summed E-state index contributed by atoms with van der Waals surface area (Å²) in [6, 6.07) is 0. The molecule has 0 spiro atoms. The Morgan fingerprint density at radius 3 is 2.29 bits per heavy atom.